The molecule has 0 atom stereocenters. The minimum absolute atomic E-state index is 0.00543. The van der Waals surface area contributed by atoms with Crippen LogP contribution in [0.15, 0.2) is 47.0 Å². The number of hydrogen-bond acceptors (Lipinski definition) is 6. The Labute approximate surface area is 172 Å². The van der Waals surface area contributed by atoms with E-state index in [0.717, 1.165) is 18.4 Å². The van der Waals surface area contributed by atoms with E-state index in [2.05, 4.69) is 10.1 Å². The molecule has 2 aromatic carbocycles. The fraction of sp³-hybridized carbons (Fsp3) is 0.286. The normalized spacial score (nSPS) is 16.2. The highest BCUT2D eigenvalue weighted by atomic mass is 35.5. The quantitative estimate of drug-likeness (QED) is 0.644. The summed E-state index contributed by atoms with van der Waals surface area (Å²) in [4.78, 5) is 19.2. The lowest BCUT2D eigenvalue weighted by Crippen LogP contribution is -2.38. The SMILES string of the molecule is O=C(c1ccc2c(c1)OCO2)N1CCC(c2nc(-c3ccc(Cl)cc3)no2)CC1. The van der Waals surface area contributed by atoms with Crippen molar-refractivity contribution in [2.75, 3.05) is 19.9 Å². The molecule has 3 aromatic rings. The van der Waals surface area contributed by atoms with Crippen LogP contribution < -0.4 is 9.47 Å². The van der Waals surface area contributed by atoms with Gasteiger partial charge in [-0.25, -0.2) is 0 Å². The maximum atomic E-state index is 12.8. The van der Waals surface area contributed by atoms with E-state index in [0.29, 0.717) is 46.9 Å². The van der Waals surface area contributed by atoms with Crippen molar-refractivity contribution in [1.82, 2.24) is 15.0 Å². The Kier molecular flexibility index (Phi) is 4.60. The molecule has 29 heavy (non-hydrogen) atoms. The average molecular weight is 412 g/mol. The van der Waals surface area contributed by atoms with E-state index in [-0.39, 0.29) is 18.6 Å². The summed E-state index contributed by atoms with van der Waals surface area (Å²) in [6, 6.07) is 12.6. The van der Waals surface area contributed by atoms with Crippen molar-refractivity contribution in [3.63, 3.8) is 0 Å². The molecule has 0 radical (unpaired) electrons. The molecule has 1 amide bonds. The number of hydrogen-bond donors (Lipinski definition) is 0. The van der Waals surface area contributed by atoms with E-state index < -0.39 is 0 Å². The van der Waals surface area contributed by atoms with Crippen LogP contribution in [-0.2, 0) is 0 Å². The fourth-order valence-electron chi connectivity index (χ4n) is 3.66. The van der Waals surface area contributed by atoms with Gasteiger partial charge in [0.25, 0.3) is 5.91 Å². The van der Waals surface area contributed by atoms with Gasteiger partial charge in [0.2, 0.25) is 18.5 Å². The second-order valence-corrected chi connectivity index (χ2v) is 7.53. The van der Waals surface area contributed by atoms with Crippen molar-refractivity contribution in [2.45, 2.75) is 18.8 Å². The first kappa shape index (κ1) is 18.0. The lowest BCUT2D eigenvalue weighted by Gasteiger charge is -2.30. The number of rotatable bonds is 3. The summed E-state index contributed by atoms with van der Waals surface area (Å²) in [7, 11) is 0. The number of piperidine rings is 1. The zero-order chi connectivity index (χ0) is 19.8. The number of aromatic nitrogens is 2. The Morgan fingerprint density at radius 2 is 1.79 bits per heavy atom. The number of nitrogens with zero attached hydrogens (tertiary/aromatic N) is 3. The first-order valence-corrected chi connectivity index (χ1v) is 9.83. The molecule has 0 saturated carbocycles. The van der Waals surface area contributed by atoms with Gasteiger partial charge in [0.15, 0.2) is 11.5 Å². The maximum absolute atomic E-state index is 12.8. The summed E-state index contributed by atoms with van der Waals surface area (Å²) in [6.45, 7) is 1.47. The summed E-state index contributed by atoms with van der Waals surface area (Å²) in [5.41, 5.74) is 1.47. The molecular weight excluding hydrogens is 394 g/mol. The molecule has 0 aliphatic carbocycles. The van der Waals surface area contributed by atoms with Gasteiger partial charge in [-0.1, -0.05) is 16.8 Å². The summed E-state index contributed by atoms with van der Waals surface area (Å²) < 4.78 is 16.2. The Morgan fingerprint density at radius 1 is 1.03 bits per heavy atom. The van der Waals surface area contributed by atoms with E-state index in [1.165, 1.54) is 0 Å². The predicted molar refractivity (Wildman–Crippen MR) is 105 cm³/mol. The van der Waals surface area contributed by atoms with Crippen LogP contribution in [0.2, 0.25) is 5.02 Å². The van der Waals surface area contributed by atoms with Crippen LogP contribution in [0.4, 0.5) is 0 Å². The van der Waals surface area contributed by atoms with Crippen LogP contribution in [0.5, 0.6) is 11.5 Å². The van der Waals surface area contributed by atoms with Crippen LogP contribution in [0.3, 0.4) is 0 Å². The monoisotopic (exact) mass is 411 g/mol. The molecule has 1 saturated heterocycles. The highest BCUT2D eigenvalue weighted by Gasteiger charge is 2.29. The number of carbonyl (C=O) groups is 1. The molecule has 8 heteroatoms. The lowest BCUT2D eigenvalue weighted by molar-refractivity contribution is 0.0704. The van der Waals surface area contributed by atoms with Gasteiger partial charge in [-0.2, -0.15) is 4.98 Å². The van der Waals surface area contributed by atoms with E-state index in [1.54, 1.807) is 30.3 Å². The third kappa shape index (κ3) is 3.53. The van der Waals surface area contributed by atoms with Crippen LogP contribution in [0.1, 0.15) is 35.0 Å². The molecule has 0 bridgehead atoms. The number of amides is 1. The zero-order valence-corrected chi connectivity index (χ0v) is 16.3. The number of halogens is 1. The Morgan fingerprint density at radius 3 is 2.59 bits per heavy atom. The molecule has 148 valence electrons. The van der Waals surface area contributed by atoms with Crippen molar-refractivity contribution in [2.24, 2.45) is 0 Å². The number of benzene rings is 2. The summed E-state index contributed by atoms with van der Waals surface area (Å²) >= 11 is 5.93. The molecule has 1 aromatic heterocycles. The van der Waals surface area contributed by atoms with E-state index in [4.69, 9.17) is 25.6 Å². The van der Waals surface area contributed by atoms with Gasteiger partial charge < -0.3 is 18.9 Å². The van der Waals surface area contributed by atoms with Gasteiger partial charge in [-0.3, -0.25) is 4.79 Å². The number of carbonyl (C=O) groups excluding carboxylic acids is 1. The highest BCUT2D eigenvalue weighted by molar-refractivity contribution is 6.30. The average Bonchev–Trinajstić information content (AvgIpc) is 3.43. The third-order valence-corrected chi connectivity index (χ3v) is 5.55. The highest BCUT2D eigenvalue weighted by Crippen LogP contribution is 2.34. The number of likely N-dealkylation sites (tertiary alicyclic amines) is 1. The third-order valence-electron chi connectivity index (χ3n) is 5.30. The molecule has 2 aliphatic heterocycles. The topological polar surface area (TPSA) is 77.7 Å². The van der Waals surface area contributed by atoms with Gasteiger partial charge in [0.1, 0.15) is 0 Å². The largest absolute Gasteiger partial charge is 0.454 e. The molecule has 0 spiro atoms. The molecule has 1 fully saturated rings. The van der Waals surface area contributed by atoms with E-state index in [1.807, 2.05) is 17.0 Å². The van der Waals surface area contributed by atoms with Crippen molar-refractivity contribution in [1.29, 1.82) is 0 Å². The van der Waals surface area contributed by atoms with E-state index >= 15 is 0 Å². The summed E-state index contributed by atoms with van der Waals surface area (Å²) in [5, 5.41) is 4.75. The molecule has 3 heterocycles. The molecule has 5 rings (SSSR count). The first-order valence-electron chi connectivity index (χ1n) is 9.46. The standard InChI is InChI=1S/C21H18ClN3O4/c22-16-4-1-13(2-5-16)19-23-20(29-24-19)14-7-9-25(10-8-14)21(26)15-3-6-17-18(11-15)28-12-27-17/h1-6,11,14H,7-10,12H2. The molecule has 7 nitrogen and oxygen atoms in total. The van der Waals surface area contributed by atoms with Gasteiger partial charge in [0, 0.05) is 35.2 Å². The van der Waals surface area contributed by atoms with Crippen molar-refractivity contribution in [3.05, 3.63) is 58.9 Å². The lowest BCUT2D eigenvalue weighted by atomic mass is 9.96. The molecule has 0 N–H and O–H groups in total. The zero-order valence-electron chi connectivity index (χ0n) is 15.5. The number of fused-ring (bicyclic) bond motifs is 1. The fourth-order valence-corrected chi connectivity index (χ4v) is 3.78. The van der Waals surface area contributed by atoms with Crippen molar-refractivity contribution < 1.29 is 18.8 Å². The van der Waals surface area contributed by atoms with Gasteiger partial charge in [0.05, 0.1) is 0 Å². The van der Waals surface area contributed by atoms with Crippen LogP contribution in [0.25, 0.3) is 11.4 Å². The minimum atomic E-state index is -0.00543. The molecular formula is C21H18ClN3O4. The van der Waals surface area contributed by atoms with Crippen LogP contribution >= 0.6 is 11.6 Å². The van der Waals surface area contributed by atoms with Crippen LogP contribution in [-0.4, -0.2) is 40.8 Å². The molecule has 0 unspecified atom stereocenters. The smallest absolute Gasteiger partial charge is 0.253 e. The van der Waals surface area contributed by atoms with Crippen molar-refractivity contribution >= 4 is 17.5 Å². The Hall–Kier alpha value is -3.06. The van der Waals surface area contributed by atoms with Crippen molar-refractivity contribution in [3.8, 4) is 22.9 Å². The Balaban J connectivity index is 1.24. The minimum Gasteiger partial charge on any atom is -0.454 e. The van der Waals surface area contributed by atoms with Gasteiger partial charge in [-0.05, 0) is 55.3 Å². The molecule has 2 aliphatic rings. The second kappa shape index (κ2) is 7.40. The predicted octanol–water partition coefficient (Wildman–Crippen LogP) is 4.14. The van der Waals surface area contributed by atoms with Gasteiger partial charge in [-0.15, -0.1) is 0 Å². The van der Waals surface area contributed by atoms with E-state index in [9.17, 15) is 4.79 Å². The number of ether oxygens (including phenoxy) is 2. The summed E-state index contributed by atoms with van der Waals surface area (Å²) in [6.07, 6.45) is 1.55. The summed E-state index contributed by atoms with van der Waals surface area (Å²) in [5.74, 6) is 2.60. The van der Waals surface area contributed by atoms with Crippen LogP contribution in [0, 0.1) is 0 Å². The maximum Gasteiger partial charge on any atom is 0.253 e. The Bertz CT molecular complexity index is 1040. The second-order valence-electron chi connectivity index (χ2n) is 7.10. The van der Waals surface area contributed by atoms with Gasteiger partial charge >= 0.3 is 0 Å². The first-order chi connectivity index (χ1) is 14.2.